The van der Waals surface area contributed by atoms with Crippen molar-refractivity contribution in [2.24, 2.45) is 5.73 Å². The molecule has 2 heterocycles. The Balaban J connectivity index is 1.65. The third-order valence-electron chi connectivity index (χ3n) is 4.12. The maximum Gasteiger partial charge on any atom is 0.0954 e. The molecule has 0 aliphatic carbocycles. The summed E-state index contributed by atoms with van der Waals surface area (Å²) >= 11 is 1.77. The summed E-state index contributed by atoms with van der Waals surface area (Å²) in [5.74, 6) is 0.955. The van der Waals surface area contributed by atoms with Crippen LogP contribution in [0.4, 0.5) is 0 Å². The van der Waals surface area contributed by atoms with Gasteiger partial charge < -0.3 is 5.73 Å². The van der Waals surface area contributed by atoms with Crippen LogP contribution in [0.25, 0.3) is 0 Å². The summed E-state index contributed by atoms with van der Waals surface area (Å²) in [4.78, 5) is 7.16. The highest BCUT2D eigenvalue weighted by molar-refractivity contribution is 7.09. The molecule has 0 spiro atoms. The number of benzene rings is 1. The van der Waals surface area contributed by atoms with Crippen molar-refractivity contribution in [3.05, 3.63) is 52.0 Å². The highest BCUT2D eigenvalue weighted by Gasteiger charge is 2.31. The van der Waals surface area contributed by atoms with E-state index in [1.54, 1.807) is 11.3 Å². The van der Waals surface area contributed by atoms with E-state index in [2.05, 4.69) is 54.5 Å². The van der Waals surface area contributed by atoms with E-state index in [4.69, 9.17) is 10.7 Å². The van der Waals surface area contributed by atoms with Crippen molar-refractivity contribution in [3.8, 4) is 0 Å². The number of rotatable bonds is 4. The molecule has 1 aromatic carbocycles. The van der Waals surface area contributed by atoms with Gasteiger partial charge in [0.1, 0.15) is 0 Å². The molecule has 1 saturated heterocycles. The van der Waals surface area contributed by atoms with Crippen molar-refractivity contribution in [1.29, 1.82) is 0 Å². The van der Waals surface area contributed by atoms with E-state index in [-0.39, 0.29) is 6.04 Å². The van der Waals surface area contributed by atoms with Crippen LogP contribution in [0, 0.1) is 0 Å². The zero-order valence-electron chi connectivity index (χ0n) is 12.7. The molecule has 0 saturated carbocycles. The average molecular weight is 301 g/mol. The lowest BCUT2D eigenvalue weighted by molar-refractivity contribution is 0.320. The minimum atomic E-state index is 0.218. The lowest BCUT2D eigenvalue weighted by Gasteiger charge is -2.15. The van der Waals surface area contributed by atoms with Crippen molar-refractivity contribution in [1.82, 2.24) is 9.88 Å². The van der Waals surface area contributed by atoms with Crippen LogP contribution < -0.4 is 5.73 Å². The molecule has 112 valence electrons. The van der Waals surface area contributed by atoms with Crippen molar-refractivity contribution >= 4 is 11.3 Å². The molecule has 3 rings (SSSR count). The number of likely N-dealkylation sites (tertiary alicyclic amines) is 1. The lowest BCUT2D eigenvalue weighted by atomic mass is 9.95. The van der Waals surface area contributed by atoms with E-state index >= 15 is 0 Å². The Kier molecular flexibility index (Phi) is 4.38. The van der Waals surface area contributed by atoms with E-state index in [1.807, 2.05) is 0 Å². The Bertz CT molecular complexity index is 579. The molecule has 21 heavy (non-hydrogen) atoms. The Morgan fingerprint density at radius 3 is 2.71 bits per heavy atom. The molecule has 2 aromatic rings. The largest absolute Gasteiger partial charge is 0.326 e. The third kappa shape index (κ3) is 3.34. The molecule has 1 aliphatic heterocycles. The second-order valence-electron chi connectivity index (χ2n) is 6.21. The summed E-state index contributed by atoms with van der Waals surface area (Å²) in [5, 5.41) is 3.42. The Morgan fingerprint density at radius 2 is 2.05 bits per heavy atom. The van der Waals surface area contributed by atoms with Crippen molar-refractivity contribution < 1.29 is 0 Å². The van der Waals surface area contributed by atoms with Gasteiger partial charge in [-0.05, 0) is 5.56 Å². The minimum absolute atomic E-state index is 0.218. The van der Waals surface area contributed by atoms with Gasteiger partial charge >= 0.3 is 0 Å². The molecule has 2 N–H and O–H groups in total. The third-order valence-corrected chi connectivity index (χ3v) is 5.31. The van der Waals surface area contributed by atoms with Gasteiger partial charge in [0.15, 0.2) is 0 Å². The lowest BCUT2D eigenvalue weighted by Crippen LogP contribution is -2.28. The van der Waals surface area contributed by atoms with E-state index in [0.29, 0.717) is 11.8 Å². The van der Waals surface area contributed by atoms with Gasteiger partial charge in [-0.15, -0.1) is 11.3 Å². The number of nitrogens with zero attached hydrogens (tertiary/aromatic N) is 2. The first-order chi connectivity index (χ1) is 10.1. The van der Waals surface area contributed by atoms with Crippen molar-refractivity contribution in [3.63, 3.8) is 0 Å². The van der Waals surface area contributed by atoms with Crippen LogP contribution in [-0.2, 0) is 6.54 Å². The van der Waals surface area contributed by atoms with E-state index in [0.717, 1.165) is 19.6 Å². The van der Waals surface area contributed by atoms with Gasteiger partial charge in [-0.3, -0.25) is 4.90 Å². The zero-order valence-corrected chi connectivity index (χ0v) is 13.5. The molecule has 2 atom stereocenters. The number of hydrogen-bond donors (Lipinski definition) is 1. The van der Waals surface area contributed by atoms with Gasteiger partial charge in [-0.1, -0.05) is 44.2 Å². The molecule has 1 aromatic heterocycles. The fourth-order valence-corrected chi connectivity index (χ4v) is 3.81. The maximum absolute atomic E-state index is 6.35. The number of hydrogen-bond acceptors (Lipinski definition) is 4. The van der Waals surface area contributed by atoms with Crippen molar-refractivity contribution in [2.75, 3.05) is 13.1 Å². The number of thiazole rings is 1. The van der Waals surface area contributed by atoms with Crippen LogP contribution in [-0.4, -0.2) is 29.0 Å². The Labute approximate surface area is 130 Å². The summed E-state index contributed by atoms with van der Waals surface area (Å²) in [6.45, 7) is 7.29. The van der Waals surface area contributed by atoms with Crippen LogP contribution in [0.5, 0.6) is 0 Å². The summed E-state index contributed by atoms with van der Waals surface area (Å²) in [6.07, 6.45) is 0. The van der Waals surface area contributed by atoms with E-state index < -0.39 is 0 Å². The van der Waals surface area contributed by atoms with Gasteiger partial charge in [0.25, 0.3) is 0 Å². The normalized spacial score (nSPS) is 23.0. The standard InChI is InChI=1S/C17H23N3S/c1-12(2)17-19-14(11-21-17)8-20-9-15(16(18)10-20)13-6-4-3-5-7-13/h3-7,11-12,15-16H,8-10,18H2,1-2H3/t15-,16+/m0/s1. The van der Waals surface area contributed by atoms with E-state index in [9.17, 15) is 0 Å². The first kappa shape index (κ1) is 14.7. The first-order valence-corrected chi connectivity index (χ1v) is 8.48. The topological polar surface area (TPSA) is 42.2 Å². The van der Waals surface area contributed by atoms with Gasteiger partial charge in [0.05, 0.1) is 10.7 Å². The summed E-state index contributed by atoms with van der Waals surface area (Å²) in [6, 6.07) is 10.8. The van der Waals surface area contributed by atoms with Gasteiger partial charge in [0, 0.05) is 42.9 Å². The second kappa shape index (κ2) is 6.26. The van der Waals surface area contributed by atoms with Crippen molar-refractivity contribution in [2.45, 2.75) is 38.3 Å². The van der Waals surface area contributed by atoms with Crippen LogP contribution in [0.2, 0.25) is 0 Å². The quantitative estimate of drug-likeness (QED) is 0.943. The Hall–Kier alpha value is -1.23. The molecule has 3 nitrogen and oxygen atoms in total. The molecule has 0 unspecified atom stereocenters. The predicted molar refractivity (Wildman–Crippen MR) is 88.6 cm³/mol. The van der Waals surface area contributed by atoms with Crippen LogP contribution in [0.1, 0.15) is 41.9 Å². The SMILES string of the molecule is CC(C)c1nc(CN2C[C@@H](N)[C@H](c3ccccc3)C2)cs1. The maximum atomic E-state index is 6.35. The molecule has 0 radical (unpaired) electrons. The first-order valence-electron chi connectivity index (χ1n) is 7.60. The fourth-order valence-electron chi connectivity index (χ4n) is 2.98. The smallest absolute Gasteiger partial charge is 0.0954 e. The minimum Gasteiger partial charge on any atom is -0.326 e. The van der Waals surface area contributed by atoms with Gasteiger partial charge in [-0.25, -0.2) is 4.98 Å². The molecule has 1 aliphatic rings. The number of nitrogens with two attached hydrogens (primary N) is 1. The molecule has 0 bridgehead atoms. The molecular formula is C17H23N3S. The predicted octanol–water partition coefficient (Wildman–Crippen LogP) is 3.19. The summed E-state index contributed by atoms with van der Waals surface area (Å²) < 4.78 is 0. The highest BCUT2D eigenvalue weighted by Crippen LogP contribution is 2.28. The van der Waals surface area contributed by atoms with Gasteiger partial charge in [0.2, 0.25) is 0 Å². The molecule has 1 fully saturated rings. The number of aromatic nitrogens is 1. The van der Waals surface area contributed by atoms with Crippen LogP contribution in [0.15, 0.2) is 35.7 Å². The monoisotopic (exact) mass is 301 g/mol. The van der Waals surface area contributed by atoms with E-state index in [1.165, 1.54) is 16.3 Å². The summed E-state index contributed by atoms with van der Waals surface area (Å²) in [7, 11) is 0. The second-order valence-corrected chi connectivity index (χ2v) is 7.10. The van der Waals surface area contributed by atoms with Crippen LogP contribution in [0.3, 0.4) is 0 Å². The highest BCUT2D eigenvalue weighted by atomic mass is 32.1. The molecule has 0 amide bonds. The molecular weight excluding hydrogens is 278 g/mol. The van der Waals surface area contributed by atoms with Gasteiger partial charge in [-0.2, -0.15) is 0 Å². The average Bonchev–Trinajstić information content (AvgIpc) is 3.07. The zero-order chi connectivity index (χ0) is 14.8. The molecule has 4 heteroatoms. The fraction of sp³-hybridized carbons (Fsp3) is 0.471. The summed E-state index contributed by atoms with van der Waals surface area (Å²) in [5.41, 5.74) is 8.89. The van der Waals surface area contributed by atoms with Crippen LogP contribution >= 0.6 is 11.3 Å². The Morgan fingerprint density at radius 1 is 1.29 bits per heavy atom.